The molecule has 1 N–H and O–H groups in total. The van der Waals surface area contributed by atoms with Crippen LogP contribution in [0.25, 0.3) is 0 Å². The number of nitrogens with zero attached hydrogens (tertiary/aromatic N) is 1. The summed E-state index contributed by atoms with van der Waals surface area (Å²) in [6.45, 7) is 1.18. The number of hydrogen-bond acceptors (Lipinski definition) is 4. The van der Waals surface area contributed by atoms with Crippen molar-refractivity contribution in [1.29, 1.82) is 0 Å². The molecule has 25 heavy (non-hydrogen) atoms. The Balaban J connectivity index is 2.09. The van der Waals surface area contributed by atoms with Crippen LogP contribution in [0.1, 0.15) is 17.4 Å². The van der Waals surface area contributed by atoms with Gasteiger partial charge in [0.25, 0.3) is 5.91 Å². The van der Waals surface area contributed by atoms with Crippen molar-refractivity contribution in [3.63, 3.8) is 0 Å². The van der Waals surface area contributed by atoms with Crippen LogP contribution in [0, 0.1) is 17.5 Å². The van der Waals surface area contributed by atoms with Gasteiger partial charge in [-0.15, -0.1) is 0 Å². The van der Waals surface area contributed by atoms with Gasteiger partial charge in [0.15, 0.2) is 29.2 Å². The number of pyridine rings is 1. The van der Waals surface area contributed by atoms with Crippen molar-refractivity contribution in [3.05, 3.63) is 57.6 Å². The van der Waals surface area contributed by atoms with Crippen molar-refractivity contribution in [1.82, 2.24) is 4.98 Å². The van der Waals surface area contributed by atoms with Gasteiger partial charge in [-0.3, -0.25) is 4.79 Å². The fourth-order valence-electron chi connectivity index (χ4n) is 1.69. The summed E-state index contributed by atoms with van der Waals surface area (Å²) in [4.78, 5) is 27.6. The number of halogens is 5. The second-order valence-corrected chi connectivity index (χ2v) is 5.52. The van der Waals surface area contributed by atoms with Gasteiger partial charge >= 0.3 is 5.97 Å². The topological polar surface area (TPSA) is 68.3 Å². The highest BCUT2D eigenvalue weighted by molar-refractivity contribution is 6.34. The summed E-state index contributed by atoms with van der Waals surface area (Å²) in [7, 11) is 0. The molecule has 10 heteroatoms. The summed E-state index contributed by atoms with van der Waals surface area (Å²) in [5.74, 6) is -6.74. The number of carbonyl (C=O) groups is 2. The molecule has 0 radical (unpaired) electrons. The number of nitrogens with one attached hydrogen (secondary N) is 1. The minimum absolute atomic E-state index is 0.0164. The standard InChI is InChI=1S/C15H9Cl2F3N2O3/c1-6(25-15(24)13-7(16)2-5-10(17)22-13)14(23)21-9-4-3-8(18)11(19)12(9)20/h2-6H,1H3,(H,21,23)/t6-/m0/s1. The van der Waals surface area contributed by atoms with E-state index in [4.69, 9.17) is 27.9 Å². The molecule has 132 valence electrons. The molecule has 0 unspecified atom stereocenters. The maximum atomic E-state index is 13.5. The van der Waals surface area contributed by atoms with Gasteiger partial charge in [0.1, 0.15) is 5.15 Å². The van der Waals surface area contributed by atoms with E-state index in [1.54, 1.807) is 0 Å². The molecule has 2 rings (SSSR count). The van der Waals surface area contributed by atoms with Crippen molar-refractivity contribution in [2.24, 2.45) is 0 Å². The van der Waals surface area contributed by atoms with Crippen molar-refractivity contribution < 1.29 is 27.5 Å². The maximum absolute atomic E-state index is 13.5. The van der Waals surface area contributed by atoms with Gasteiger partial charge in [0, 0.05) is 0 Å². The average molecular weight is 393 g/mol. The first-order chi connectivity index (χ1) is 11.7. The lowest BCUT2D eigenvalue weighted by Gasteiger charge is -2.14. The molecule has 0 spiro atoms. The Bertz CT molecular complexity index is 849. The van der Waals surface area contributed by atoms with E-state index >= 15 is 0 Å². The Hall–Kier alpha value is -2.32. The van der Waals surface area contributed by atoms with Gasteiger partial charge in [0.2, 0.25) is 0 Å². The Kier molecular flexibility index (Phi) is 5.86. The van der Waals surface area contributed by atoms with Crippen LogP contribution in [-0.2, 0) is 9.53 Å². The first-order valence-electron chi connectivity index (χ1n) is 6.68. The lowest BCUT2D eigenvalue weighted by molar-refractivity contribution is -0.123. The fourth-order valence-corrected chi connectivity index (χ4v) is 2.02. The Labute approximate surface area is 149 Å². The highest BCUT2D eigenvalue weighted by atomic mass is 35.5. The summed E-state index contributed by atoms with van der Waals surface area (Å²) in [6, 6.07) is 4.13. The Morgan fingerprint density at radius 2 is 1.80 bits per heavy atom. The highest BCUT2D eigenvalue weighted by Crippen LogP contribution is 2.21. The largest absolute Gasteiger partial charge is 0.448 e. The van der Waals surface area contributed by atoms with Crippen LogP contribution in [0.3, 0.4) is 0 Å². The minimum Gasteiger partial charge on any atom is -0.448 e. The minimum atomic E-state index is -1.74. The van der Waals surface area contributed by atoms with Crippen molar-refractivity contribution in [2.45, 2.75) is 13.0 Å². The van der Waals surface area contributed by atoms with E-state index in [2.05, 4.69) is 4.98 Å². The van der Waals surface area contributed by atoms with E-state index in [1.807, 2.05) is 5.32 Å². The predicted octanol–water partition coefficient (Wildman–Crippen LogP) is 3.99. The molecule has 1 heterocycles. The Morgan fingerprint density at radius 3 is 2.48 bits per heavy atom. The highest BCUT2D eigenvalue weighted by Gasteiger charge is 2.23. The van der Waals surface area contributed by atoms with Gasteiger partial charge in [-0.05, 0) is 31.2 Å². The van der Waals surface area contributed by atoms with E-state index in [-0.39, 0.29) is 15.9 Å². The molecule has 0 saturated carbocycles. The second kappa shape index (κ2) is 7.71. The monoisotopic (exact) mass is 392 g/mol. The third kappa shape index (κ3) is 4.40. The number of esters is 1. The van der Waals surface area contributed by atoms with Gasteiger partial charge in [-0.2, -0.15) is 0 Å². The van der Waals surface area contributed by atoms with E-state index in [9.17, 15) is 22.8 Å². The van der Waals surface area contributed by atoms with E-state index in [1.165, 1.54) is 19.1 Å². The summed E-state index contributed by atoms with van der Waals surface area (Å²) in [5, 5.41) is 1.92. The van der Waals surface area contributed by atoms with Gasteiger partial charge in [0.05, 0.1) is 10.7 Å². The molecule has 0 saturated heterocycles. The van der Waals surface area contributed by atoms with Crippen molar-refractivity contribution >= 4 is 40.8 Å². The van der Waals surface area contributed by atoms with Crippen LogP contribution in [0.4, 0.5) is 18.9 Å². The Morgan fingerprint density at radius 1 is 1.12 bits per heavy atom. The van der Waals surface area contributed by atoms with Crippen molar-refractivity contribution in [3.8, 4) is 0 Å². The molecule has 1 amide bonds. The van der Waals surface area contributed by atoms with Crippen LogP contribution in [0.2, 0.25) is 10.2 Å². The number of aromatic nitrogens is 1. The first kappa shape index (κ1) is 19.0. The molecule has 1 aromatic carbocycles. The summed E-state index contributed by atoms with van der Waals surface area (Å²) in [6.07, 6.45) is -1.41. The molecule has 2 aromatic rings. The normalized spacial score (nSPS) is 11.8. The molecule has 5 nitrogen and oxygen atoms in total. The number of hydrogen-bond donors (Lipinski definition) is 1. The molecule has 0 bridgehead atoms. The van der Waals surface area contributed by atoms with E-state index in [0.717, 1.165) is 6.07 Å². The van der Waals surface area contributed by atoms with Crippen LogP contribution in [-0.4, -0.2) is 23.0 Å². The SMILES string of the molecule is C[C@H](OC(=O)c1nc(Cl)ccc1Cl)C(=O)Nc1ccc(F)c(F)c1F. The second-order valence-electron chi connectivity index (χ2n) is 4.72. The number of anilines is 1. The number of benzene rings is 1. The molecular weight excluding hydrogens is 384 g/mol. The molecular formula is C15H9Cl2F3N2O3. The molecule has 0 aliphatic carbocycles. The average Bonchev–Trinajstić information content (AvgIpc) is 2.57. The number of ether oxygens (including phenoxy) is 1. The predicted molar refractivity (Wildman–Crippen MR) is 84.1 cm³/mol. The van der Waals surface area contributed by atoms with Crippen LogP contribution in [0.5, 0.6) is 0 Å². The third-order valence-corrected chi connectivity index (χ3v) is 3.47. The zero-order valence-corrected chi connectivity index (χ0v) is 14.0. The van der Waals surface area contributed by atoms with Crippen LogP contribution in [0.15, 0.2) is 24.3 Å². The summed E-state index contributed by atoms with van der Waals surface area (Å²) >= 11 is 11.4. The first-order valence-corrected chi connectivity index (χ1v) is 7.43. The van der Waals surface area contributed by atoms with Crippen LogP contribution >= 0.6 is 23.2 Å². The lowest BCUT2D eigenvalue weighted by atomic mass is 10.2. The lowest BCUT2D eigenvalue weighted by Crippen LogP contribution is -2.30. The fraction of sp³-hybridized carbons (Fsp3) is 0.133. The number of amides is 1. The van der Waals surface area contributed by atoms with Crippen molar-refractivity contribution in [2.75, 3.05) is 5.32 Å². The molecule has 0 fully saturated rings. The third-order valence-electron chi connectivity index (χ3n) is 2.95. The number of carbonyl (C=O) groups excluding carboxylic acids is 2. The van der Waals surface area contributed by atoms with Gasteiger partial charge in [-0.1, -0.05) is 23.2 Å². The molecule has 0 aliphatic heterocycles. The smallest absolute Gasteiger partial charge is 0.359 e. The molecule has 0 aliphatic rings. The summed E-state index contributed by atoms with van der Waals surface area (Å²) < 4.78 is 44.4. The summed E-state index contributed by atoms with van der Waals surface area (Å²) in [5.41, 5.74) is -0.918. The quantitative estimate of drug-likeness (QED) is 0.485. The molecule has 1 atom stereocenters. The van der Waals surface area contributed by atoms with Crippen LogP contribution < -0.4 is 5.32 Å². The maximum Gasteiger partial charge on any atom is 0.359 e. The van der Waals surface area contributed by atoms with E-state index in [0.29, 0.717) is 6.07 Å². The molecule has 1 aromatic heterocycles. The number of rotatable bonds is 4. The zero-order chi connectivity index (χ0) is 18.7. The van der Waals surface area contributed by atoms with Gasteiger partial charge in [-0.25, -0.2) is 22.9 Å². The zero-order valence-electron chi connectivity index (χ0n) is 12.4. The van der Waals surface area contributed by atoms with E-state index < -0.39 is 41.1 Å². The van der Waals surface area contributed by atoms with Gasteiger partial charge < -0.3 is 10.1 Å².